The van der Waals surface area contributed by atoms with Gasteiger partial charge in [0.2, 0.25) is 0 Å². The first kappa shape index (κ1) is 12.7. The van der Waals surface area contributed by atoms with Gasteiger partial charge < -0.3 is 5.11 Å². The fourth-order valence-electron chi connectivity index (χ4n) is 2.33. The van der Waals surface area contributed by atoms with Gasteiger partial charge in [-0.15, -0.1) is 0 Å². The van der Waals surface area contributed by atoms with Gasteiger partial charge in [-0.2, -0.15) is 0 Å². The van der Waals surface area contributed by atoms with E-state index in [1.165, 1.54) is 0 Å². The summed E-state index contributed by atoms with van der Waals surface area (Å²) in [5, 5.41) is 9.83. The molecule has 5 heteroatoms. The van der Waals surface area contributed by atoms with E-state index < -0.39 is 5.97 Å². The second-order valence-corrected chi connectivity index (χ2v) is 4.83. The molecule has 0 aliphatic heterocycles. The summed E-state index contributed by atoms with van der Waals surface area (Å²) in [6, 6.07) is 12.5. The number of hydrogen-bond donors (Lipinski definition) is 1. The topological polar surface area (TPSA) is 55.1 Å². The van der Waals surface area contributed by atoms with Crippen LogP contribution in [0.4, 0.5) is 0 Å². The average molecular weight is 287 g/mol. The van der Waals surface area contributed by atoms with E-state index in [1.807, 2.05) is 35.8 Å². The molecule has 100 valence electrons. The largest absolute Gasteiger partial charge is 0.478 e. The molecule has 0 fully saturated rings. The van der Waals surface area contributed by atoms with Gasteiger partial charge in [-0.1, -0.05) is 29.8 Å². The number of halogens is 1. The zero-order valence-corrected chi connectivity index (χ0v) is 11.4. The molecule has 0 aliphatic carbocycles. The van der Waals surface area contributed by atoms with Crippen LogP contribution in [0, 0.1) is 6.92 Å². The standard InChI is InChI=1S/C15H11ClN2O2/c1-9-17-14-10(15(19)20)5-4-8-13(14)18(9)12-7-3-2-6-11(12)16/h2-8H,1H3,(H,19,20). The highest BCUT2D eigenvalue weighted by atomic mass is 35.5. The summed E-state index contributed by atoms with van der Waals surface area (Å²) < 4.78 is 1.87. The number of carboxylic acids is 1. The number of aryl methyl sites for hydroxylation is 1. The van der Waals surface area contributed by atoms with Crippen LogP contribution in [-0.4, -0.2) is 20.6 Å². The van der Waals surface area contributed by atoms with Gasteiger partial charge in [-0.25, -0.2) is 9.78 Å². The molecule has 0 amide bonds. The van der Waals surface area contributed by atoms with Crippen molar-refractivity contribution in [2.75, 3.05) is 0 Å². The highest BCUT2D eigenvalue weighted by Crippen LogP contribution is 2.27. The van der Waals surface area contributed by atoms with Gasteiger partial charge in [0.05, 0.1) is 21.8 Å². The number of carboxylic acid groups (broad SMARTS) is 1. The molecule has 1 aromatic heterocycles. The van der Waals surface area contributed by atoms with Crippen LogP contribution in [0.3, 0.4) is 0 Å². The molecule has 0 bridgehead atoms. The monoisotopic (exact) mass is 286 g/mol. The maximum atomic E-state index is 11.3. The number of aromatic nitrogens is 2. The number of hydrogen-bond acceptors (Lipinski definition) is 2. The van der Waals surface area contributed by atoms with Crippen LogP contribution in [0.25, 0.3) is 16.7 Å². The fraction of sp³-hybridized carbons (Fsp3) is 0.0667. The summed E-state index contributed by atoms with van der Waals surface area (Å²) >= 11 is 6.23. The predicted octanol–water partition coefficient (Wildman–Crippen LogP) is 3.69. The predicted molar refractivity (Wildman–Crippen MR) is 77.8 cm³/mol. The molecular formula is C15H11ClN2O2. The van der Waals surface area contributed by atoms with E-state index in [-0.39, 0.29) is 5.56 Å². The van der Waals surface area contributed by atoms with E-state index in [9.17, 15) is 9.90 Å². The van der Waals surface area contributed by atoms with Crippen molar-refractivity contribution in [3.63, 3.8) is 0 Å². The summed E-state index contributed by atoms with van der Waals surface area (Å²) in [7, 11) is 0. The Labute approximate surface area is 120 Å². The van der Waals surface area contributed by atoms with Gasteiger partial charge in [0.25, 0.3) is 0 Å². The van der Waals surface area contributed by atoms with E-state index >= 15 is 0 Å². The first-order valence-corrected chi connectivity index (χ1v) is 6.43. The third kappa shape index (κ3) is 1.85. The Hall–Kier alpha value is -2.33. The molecule has 0 spiro atoms. The summed E-state index contributed by atoms with van der Waals surface area (Å²) in [6.07, 6.45) is 0. The number of fused-ring (bicyclic) bond motifs is 1. The zero-order valence-electron chi connectivity index (χ0n) is 10.7. The maximum Gasteiger partial charge on any atom is 0.337 e. The van der Waals surface area contributed by atoms with Crippen LogP contribution in [0.1, 0.15) is 16.2 Å². The number of nitrogens with zero attached hydrogens (tertiary/aromatic N) is 2. The Balaban J connectivity index is 2.38. The molecule has 2 aromatic carbocycles. The number of imidazole rings is 1. The molecule has 0 aliphatic rings. The Morgan fingerprint density at radius 3 is 2.65 bits per heavy atom. The highest BCUT2D eigenvalue weighted by Gasteiger charge is 2.16. The van der Waals surface area contributed by atoms with Crippen LogP contribution >= 0.6 is 11.6 Å². The van der Waals surface area contributed by atoms with Crippen molar-refractivity contribution >= 4 is 28.6 Å². The second kappa shape index (κ2) is 4.65. The Kier molecular flexibility index (Phi) is 2.95. The Morgan fingerprint density at radius 2 is 1.95 bits per heavy atom. The van der Waals surface area contributed by atoms with Gasteiger partial charge in [0.15, 0.2) is 0 Å². The minimum absolute atomic E-state index is 0.191. The number of benzene rings is 2. The lowest BCUT2D eigenvalue weighted by molar-refractivity contribution is 0.0699. The van der Waals surface area contributed by atoms with Crippen molar-refractivity contribution < 1.29 is 9.90 Å². The summed E-state index contributed by atoms with van der Waals surface area (Å²) in [6.45, 7) is 1.83. The summed E-state index contributed by atoms with van der Waals surface area (Å²) in [5.74, 6) is -0.291. The van der Waals surface area contributed by atoms with E-state index in [1.54, 1.807) is 18.2 Å². The van der Waals surface area contributed by atoms with Gasteiger partial charge in [-0.05, 0) is 31.2 Å². The second-order valence-electron chi connectivity index (χ2n) is 4.42. The SMILES string of the molecule is Cc1nc2c(C(=O)O)cccc2n1-c1ccccc1Cl. The van der Waals surface area contributed by atoms with Crippen LogP contribution in [-0.2, 0) is 0 Å². The molecule has 1 heterocycles. The van der Waals surface area contributed by atoms with Crippen LogP contribution < -0.4 is 0 Å². The molecule has 0 saturated carbocycles. The van der Waals surface area contributed by atoms with Gasteiger partial charge in [0, 0.05) is 0 Å². The van der Waals surface area contributed by atoms with Gasteiger partial charge >= 0.3 is 5.97 Å². The normalized spacial score (nSPS) is 10.9. The molecule has 4 nitrogen and oxygen atoms in total. The lowest BCUT2D eigenvalue weighted by atomic mass is 10.2. The van der Waals surface area contributed by atoms with E-state index in [0.717, 1.165) is 11.2 Å². The van der Waals surface area contributed by atoms with E-state index in [4.69, 9.17) is 11.6 Å². The number of aromatic carboxylic acids is 1. The zero-order chi connectivity index (χ0) is 14.3. The molecule has 3 rings (SSSR count). The molecule has 0 radical (unpaired) electrons. The first-order chi connectivity index (χ1) is 9.59. The van der Waals surface area contributed by atoms with E-state index in [2.05, 4.69) is 4.98 Å². The lowest BCUT2D eigenvalue weighted by Gasteiger charge is -2.08. The summed E-state index contributed by atoms with van der Waals surface area (Å²) in [4.78, 5) is 15.6. The Bertz CT molecular complexity index is 824. The third-order valence-corrected chi connectivity index (χ3v) is 3.50. The first-order valence-electron chi connectivity index (χ1n) is 6.06. The average Bonchev–Trinajstić information content (AvgIpc) is 2.75. The highest BCUT2D eigenvalue weighted by molar-refractivity contribution is 6.32. The molecule has 1 N–H and O–H groups in total. The van der Waals surface area contributed by atoms with Crippen molar-refractivity contribution in [3.8, 4) is 5.69 Å². The van der Waals surface area contributed by atoms with E-state index in [0.29, 0.717) is 16.4 Å². The molecule has 20 heavy (non-hydrogen) atoms. The summed E-state index contributed by atoms with van der Waals surface area (Å²) in [5.41, 5.74) is 2.18. The van der Waals surface area contributed by atoms with Crippen molar-refractivity contribution in [3.05, 3.63) is 58.9 Å². The van der Waals surface area contributed by atoms with Crippen LogP contribution in [0.5, 0.6) is 0 Å². The van der Waals surface area contributed by atoms with Gasteiger partial charge in [-0.3, -0.25) is 4.57 Å². The maximum absolute atomic E-state index is 11.3. The minimum atomic E-state index is -0.987. The molecule has 3 aromatic rings. The number of rotatable bonds is 2. The quantitative estimate of drug-likeness (QED) is 0.782. The number of carbonyl (C=O) groups is 1. The van der Waals surface area contributed by atoms with Gasteiger partial charge in [0.1, 0.15) is 11.3 Å². The molecule has 0 unspecified atom stereocenters. The number of para-hydroxylation sites is 2. The molecule has 0 atom stereocenters. The van der Waals surface area contributed by atoms with Crippen molar-refractivity contribution in [2.24, 2.45) is 0 Å². The van der Waals surface area contributed by atoms with Crippen molar-refractivity contribution in [1.82, 2.24) is 9.55 Å². The molecule has 0 saturated heterocycles. The Morgan fingerprint density at radius 1 is 1.20 bits per heavy atom. The van der Waals surface area contributed by atoms with Crippen LogP contribution in [0.15, 0.2) is 42.5 Å². The van der Waals surface area contributed by atoms with Crippen molar-refractivity contribution in [1.29, 1.82) is 0 Å². The lowest BCUT2D eigenvalue weighted by Crippen LogP contribution is -1.99. The third-order valence-electron chi connectivity index (χ3n) is 3.18. The minimum Gasteiger partial charge on any atom is -0.478 e. The van der Waals surface area contributed by atoms with Crippen LogP contribution in [0.2, 0.25) is 5.02 Å². The smallest absolute Gasteiger partial charge is 0.337 e. The molecular weight excluding hydrogens is 276 g/mol. The van der Waals surface area contributed by atoms with Crippen molar-refractivity contribution in [2.45, 2.75) is 6.92 Å². The fourth-order valence-corrected chi connectivity index (χ4v) is 2.55.